The van der Waals surface area contributed by atoms with Gasteiger partial charge in [-0.1, -0.05) is 54.6 Å². The number of alkyl carbamates (subject to hydrolysis) is 1. The fraction of sp³-hybridized carbons (Fsp3) is 0.267. The van der Waals surface area contributed by atoms with Crippen LogP contribution in [-0.4, -0.2) is 36.7 Å². The van der Waals surface area contributed by atoms with E-state index in [4.69, 9.17) is 14.2 Å². The van der Waals surface area contributed by atoms with Crippen molar-refractivity contribution >= 4 is 22.9 Å². The van der Waals surface area contributed by atoms with E-state index in [1.807, 2.05) is 67.7 Å². The molecule has 0 radical (unpaired) electrons. The number of hydrogen-bond acceptors (Lipinski definition) is 5. The Labute approximate surface area is 222 Å². The fourth-order valence-corrected chi connectivity index (χ4v) is 4.40. The van der Waals surface area contributed by atoms with E-state index in [9.17, 15) is 9.59 Å². The van der Waals surface area contributed by atoms with E-state index in [1.165, 1.54) is 0 Å². The van der Waals surface area contributed by atoms with Crippen LogP contribution in [0.1, 0.15) is 36.6 Å². The molecule has 0 saturated carbocycles. The Kier molecular flexibility index (Phi) is 8.21. The van der Waals surface area contributed by atoms with E-state index in [1.54, 1.807) is 39.3 Å². The fourth-order valence-electron chi connectivity index (χ4n) is 4.40. The number of hydrogen-bond donors (Lipinski definition) is 3. The van der Waals surface area contributed by atoms with Crippen LogP contribution in [0.5, 0.6) is 11.5 Å². The van der Waals surface area contributed by atoms with Crippen molar-refractivity contribution in [1.82, 2.24) is 15.6 Å². The first-order valence-electron chi connectivity index (χ1n) is 12.4. The number of H-pyrrole nitrogens is 1. The first-order chi connectivity index (χ1) is 18.3. The van der Waals surface area contributed by atoms with Crippen LogP contribution in [0, 0.1) is 0 Å². The molecular formula is C30H33N3O5. The summed E-state index contributed by atoms with van der Waals surface area (Å²) in [5, 5.41) is 6.87. The summed E-state index contributed by atoms with van der Waals surface area (Å²) < 4.78 is 16.1. The Hall–Kier alpha value is -4.46. The van der Waals surface area contributed by atoms with Gasteiger partial charge in [0.25, 0.3) is 0 Å². The third-order valence-corrected chi connectivity index (χ3v) is 6.56. The van der Waals surface area contributed by atoms with Gasteiger partial charge in [-0.15, -0.1) is 0 Å². The van der Waals surface area contributed by atoms with Crippen molar-refractivity contribution in [2.45, 2.75) is 38.5 Å². The van der Waals surface area contributed by atoms with Gasteiger partial charge in [0.1, 0.15) is 12.1 Å². The Morgan fingerprint density at radius 2 is 1.66 bits per heavy atom. The molecule has 0 saturated heterocycles. The zero-order valence-corrected chi connectivity index (χ0v) is 22.0. The van der Waals surface area contributed by atoms with Crippen LogP contribution in [0.2, 0.25) is 0 Å². The van der Waals surface area contributed by atoms with Gasteiger partial charge in [0.05, 0.1) is 20.3 Å². The van der Waals surface area contributed by atoms with Crippen molar-refractivity contribution in [3.8, 4) is 11.5 Å². The van der Waals surface area contributed by atoms with E-state index < -0.39 is 11.6 Å². The molecule has 198 valence electrons. The summed E-state index contributed by atoms with van der Waals surface area (Å²) in [6.07, 6.45) is 1.42. The van der Waals surface area contributed by atoms with Gasteiger partial charge in [0.2, 0.25) is 5.91 Å². The van der Waals surface area contributed by atoms with E-state index in [2.05, 4.69) is 15.6 Å². The monoisotopic (exact) mass is 515 g/mol. The molecule has 1 aromatic heterocycles. The molecule has 0 unspecified atom stereocenters. The molecule has 3 aromatic carbocycles. The number of nitrogens with one attached hydrogen (secondary N) is 3. The van der Waals surface area contributed by atoms with Crippen molar-refractivity contribution in [3.05, 3.63) is 95.7 Å². The van der Waals surface area contributed by atoms with Crippen LogP contribution in [0.3, 0.4) is 0 Å². The zero-order valence-electron chi connectivity index (χ0n) is 22.0. The lowest BCUT2D eigenvalue weighted by molar-refractivity contribution is -0.127. The third kappa shape index (κ3) is 6.08. The van der Waals surface area contributed by atoms with Crippen molar-refractivity contribution in [2.75, 3.05) is 14.2 Å². The summed E-state index contributed by atoms with van der Waals surface area (Å²) in [6, 6.07) is 22.5. The average Bonchev–Trinajstić information content (AvgIpc) is 3.34. The molecule has 4 aromatic rings. The second-order valence-electron chi connectivity index (χ2n) is 9.36. The van der Waals surface area contributed by atoms with Crippen molar-refractivity contribution < 1.29 is 23.8 Å². The van der Waals surface area contributed by atoms with E-state index in [0.29, 0.717) is 11.5 Å². The number of methoxy groups -OCH3 is 2. The summed E-state index contributed by atoms with van der Waals surface area (Å²) in [5.74, 6) is 0.797. The number of aromatic amines is 1. The van der Waals surface area contributed by atoms with Crippen molar-refractivity contribution in [3.63, 3.8) is 0 Å². The maximum atomic E-state index is 13.7. The number of carbonyl (C=O) groups excluding carboxylic acids is 2. The highest BCUT2D eigenvalue weighted by Gasteiger charge is 2.37. The van der Waals surface area contributed by atoms with Crippen LogP contribution >= 0.6 is 0 Å². The second kappa shape index (κ2) is 11.7. The minimum absolute atomic E-state index is 0.00259. The van der Waals surface area contributed by atoms with E-state index >= 15 is 0 Å². The predicted octanol–water partition coefficient (Wildman–Crippen LogP) is 5.29. The SMILES string of the molecule is COc1ccc(COC(=O)N[C@](C)(Cc2c[nH]c3ccccc23)C(=O)N[C@@H](C)c2ccccc2)cc1OC. The molecule has 8 nitrogen and oxygen atoms in total. The van der Waals surface area contributed by atoms with Gasteiger partial charge >= 0.3 is 6.09 Å². The Balaban J connectivity index is 1.52. The predicted molar refractivity (Wildman–Crippen MR) is 146 cm³/mol. The minimum atomic E-state index is -1.29. The molecule has 0 aliphatic rings. The smallest absolute Gasteiger partial charge is 0.408 e. The Bertz CT molecular complexity index is 1400. The van der Waals surface area contributed by atoms with Crippen LogP contribution < -0.4 is 20.1 Å². The van der Waals surface area contributed by atoms with Crippen LogP contribution in [0.25, 0.3) is 10.9 Å². The second-order valence-corrected chi connectivity index (χ2v) is 9.36. The molecule has 2 amide bonds. The first-order valence-corrected chi connectivity index (χ1v) is 12.4. The molecule has 8 heteroatoms. The van der Waals surface area contributed by atoms with Gasteiger partial charge in [0.15, 0.2) is 11.5 Å². The maximum Gasteiger partial charge on any atom is 0.408 e. The number of carbonyl (C=O) groups is 2. The maximum absolute atomic E-state index is 13.7. The number of para-hydroxylation sites is 1. The van der Waals surface area contributed by atoms with Gasteiger partial charge in [0, 0.05) is 23.5 Å². The van der Waals surface area contributed by atoms with Gasteiger partial charge in [-0.25, -0.2) is 4.79 Å². The van der Waals surface area contributed by atoms with E-state index in [0.717, 1.165) is 27.6 Å². The topological polar surface area (TPSA) is 102 Å². The van der Waals surface area contributed by atoms with Gasteiger partial charge in [-0.05, 0) is 48.7 Å². The molecule has 0 bridgehead atoms. The summed E-state index contributed by atoms with van der Waals surface area (Å²) >= 11 is 0. The Morgan fingerprint density at radius 3 is 2.39 bits per heavy atom. The van der Waals surface area contributed by atoms with E-state index in [-0.39, 0.29) is 25.0 Å². The molecule has 2 atom stereocenters. The molecule has 0 aliphatic heterocycles. The quantitative estimate of drug-likeness (QED) is 0.266. The highest BCUT2D eigenvalue weighted by molar-refractivity contribution is 5.91. The number of benzene rings is 3. The summed E-state index contributed by atoms with van der Waals surface area (Å²) in [6.45, 7) is 3.62. The summed E-state index contributed by atoms with van der Waals surface area (Å²) in [4.78, 5) is 29.9. The lowest BCUT2D eigenvalue weighted by Gasteiger charge is -2.31. The normalized spacial score (nSPS) is 13.3. The zero-order chi connectivity index (χ0) is 27.1. The van der Waals surface area contributed by atoms with Crippen molar-refractivity contribution in [2.24, 2.45) is 0 Å². The average molecular weight is 516 g/mol. The highest BCUT2D eigenvalue weighted by atomic mass is 16.5. The minimum Gasteiger partial charge on any atom is -0.493 e. The number of rotatable bonds is 10. The molecule has 0 aliphatic carbocycles. The highest BCUT2D eigenvalue weighted by Crippen LogP contribution is 2.28. The standard InChI is InChI=1S/C30H33N3O5/c1-20(22-10-6-5-7-11-22)32-28(34)30(2,17-23-18-31-25-13-9-8-12-24(23)25)33-29(35)38-19-21-14-15-26(36-3)27(16-21)37-4/h5-16,18,20,31H,17,19H2,1-4H3,(H,32,34)(H,33,35)/t20-,30+/m0/s1. The van der Waals surface area contributed by atoms with Gasteiger partial charge in [-0.2, -0.15) is 0 Å². The third-order valence-electron chi connectivity index (χ3n) is 6.56. The molecule has 3 N–H and O–H groups in total. The molecular weight excluding hydrogens is 482 g/mol. The largest absolute Gasteiger partial charge is 0.493 e. The lowest BCUT2D eigenvalue weighted by Crippen LogP contribution is -2.58. The molecule has 4 rings (SSSR count). The molecule has 38 heavy (non-hydrogen) atoms. The van der Waals surface area contributed by atoms with Gasteiger partial charge < -0.3 is 29.8 Å². The van der Waals surface area contributed by atoms with Crippen LogP contribution in [-0.2, 0) is 22.6 Å². The number of ether oxygens (including phenoxy) is 3. The number of aromatic nitrogens is 1. The lowest BCUT2D eigenvalue weighted by atomic mass is 9.91. The number of amides is 2. The number of fused-ring (bicyclic) bond motifs is 1. The van der Waals surface area contributed by atoms with Gasteiger partial charge in [-0.3, -0.25) is 4.79 Å². The summed E-state index contributed by atoms with van der Waals surface area (Å²) in [7, 11) is 3.10. The molecule has 0 spiro atoms. The summed E-state index contributed by atoms with van der Waals surface area (Å²) in [5.41, 5.74) is 2.26. The van der Waals surface area contributed by atoms with Crippen LogP contribution in [0.4, 0.5) is 4.79 Å². The molecule has 1 heterocycles. The first kappa shape index (κ1) is 26.6. The van der Waals surface area contributed by atoms with Crippen LogP contribution in [0.15, 0.2) is 79.0 Å². The van der Waals surface area contributed by atoms with Crippen molar-refractivity contribution in [1.29, 1.82) is 0 Å². The molecule has 0 fully saturated rings. The Morgan fingerprint density at radius 1 is 0.947 bits per heavy atom.